The van der Waals surface area contributed by atoms with Crippen molar-refractivity contribution in [1.82, 2.24) is 21.3 Å². The normalized spacial score (nSPS) is 13.3. The van der Waals surface area contributed by atoms with Gasteiger partial charge in [-0.05, 0) is 163 Å². The molecular weight excluding hydrogens is 1370 g/mol. The van der Waals surface area contributed by atoms with E-state index in [1.165, 1.54) is 27.7 Å². The van der Waals surface area contributed by atoms with Crippen molar-refractivity contribution in [2.24, 2.45) is 0 Å². The maximum absolute atomic E-state index is 13.6. The van der Waals surface area contributed by atoms with E-state index in [2.05, 4.69) is 31.9 Å². The third kappa shape index (κ3) is 12.8. The molecule has 6 amide bonds. The molecule has 2 aromatic rings. The van der Waals surface area contributed by atoms with Gasteiger partial charge in [-0.2, -0.15) is 0 Å². The molecule has 0 aliphatic heterocycles. The van der Waals surface area contributed by atoms with E-state index >= 15 is 0 Å². The van der Waals surface area contributed by atoms with Crippen LogP contribution in [0.2, 0.25) is 0 Å². The topological polar surface area (TPSA) is 256 Å². The van der Waals surface area contributed by atoms with Crippen LogP contribution in [-0.2, 0) is 9.59 Å². The number of aliphatic hydroxyl groups excluding tert-OH is 4. The minimum Gasteiger partial charge on any atom is -0.392 e. The van der Waals surface area contributed by atoms with E-state index in [1.807, 2.05) is 45.2 Å². The number of benzene rings is 2. The van der Waals surface area contributed by atoms with Gasteiger partial charge in [0.25, 0.3) is 23.6 Å². The molecule has 286 valence electrons. The van der Waals surface area contributed by atoms with Crippen LogP contribution in [0.3, 0.4) is 0 Å². The summed E-state index contributed by atoms with van der Waals surface area (Å²) in [4.78, 5) is 80.3. The van der Waals surface area contributed by atoms with Crippen molar-refractivity contribution >= 4 is 182 Å². The molecule has 0 heterocycles. The summed E-state index contributed by atoms with van der Waals surface area (Å²) < 4.78 is 1.13. The van der Waals surface area contributed by atoms with Crippen LogP contribution >= 0.6 is 136 Å². The van der Waals surface area contributed by atoms with E-state index in [-0.39, 0.29) is 81.2 Å². The van der Waals surface area contributed by atoms with Gasteiger partial charge in [-0.15, -0.1) is 0 Å². The molecule has 2 rings (SSSR count). The van der Waals surface area contributed by atoms with Gasteiger partial charge in [-0.3, -0.25) is 28.8 Å². The first-order chi connectivity index (χ1) is 24.1. The summed E-state index contributed by atoms with van der Waals surface area (Å²) in [5.41, 5.74) is -0.139. The van der Waals surface area contributed by atoms with Crippen LogP contribution in [0, 0.1) is 21.4 Å². The Morgan fingerprint density at radius 2 is 0.615 bits per heavy atom. The van der Waals surface area contributed by atoms with Gasteiger partial charge in [0.15, 0.2) is 0 Å². The number of carbonyl (C=O) groups excluding carboxylic acids is 6. The van der Waals surface area contributed by atoms with Crippen LogP contribution in [-0.4, -0.2) is 106 Å². The number of rotatable bonds is 14. The van der Waals surface area contributed by atoms with Crippen molar-refractivity contribution in [2.45, 2.75) is 52.1 Å². The van der Waals surface area contributed by atoms with Crippen molar-refractivity contribution in [1.29, 1.82) is 0 Å². The number of nitrogens with one attached hydrogen (secondary N) is 6. The van der Waals surface area contributed by atoms with Gasteiger partial charge in [0.2, 0.25) is 0 Å². The SMILES string of the molecule is CC(O)CNC(=O)c1c(I)c(NC(=O)C(=O)Nc2c(I)c(C(=O)NCC(C)O)c(I)c(C(=O)NCC(C)O)c2I)c(I)c(C(=O)NCC(C)O)c1I. The molecule has 0 saturated heterocycles. The van der Waals surface area contributed by atoms with Crippen LogP contribution in [0.5, 0.6) is 0 Å². The summed E-state index contributed by atoms with van der Waals surface area (Å²) >= 11 is 10.8. The standard InChI is InChI=1S/C30H34I6N6O10/c1-9(43)5-37-25(47)13-17(31)14(26(48)38-6-10(2)44)20(34)23(19(13)33)41-29(51)30(52)42-24-21(35)15(27(49)39-7-11(3)45)18(32)16(22(24)36)28(50)40-8-12(4)46/h9-12,43-46H,5-8H2,1-4H3,(H,37,47)(H,38,48)(H,39,49)(H,40,50)(H,41,51)(H,42,52). The minimum absolute atomic E-state index is 0.0115. The zero-order valence-corrected chi connectivity index (χ0v) is 40.6. The monoisotopic (exact) mass is 1400 g/mol. The van der Waals surface area contributed by atoms with E-state index in [0.717, 1.165) is 0 Å². The molecule has 2 aromatic carbocycles. The predicted molar refractivity (Wildman–Crippen MR) is 243 cm³/mol. The van der Waals surface area contributed by atoms with E-state index in [1.54, 1.807) is 90.4 Å². The van der Waals surface area contributed by atoms with Gasteiger partial charge in [0.05, 0.1) is 72.3 Å². The summed E-state index contributed by atoms with van der Waals surface area (Å²) in [6.45, 7) is 5.41. The van der Waals surface area contributed by atoms with E-state index in [0.29, 0.717) is 0 Å². The highest BCUT2D eigenvalue weighted by molar-refractivity contribution is 14.1. The molecule has 0 aliphatic rings. The Morgan fingerprint density at radius 1 is 0.423 bits per heavy atom. The number of hydrogen-bond acceptors (Lipinski definition) is 10. The highest BCUT2D eigenvalue weighted by Gasteiger charge is 2.32. The van der Waals surface area contributed by atoms with Gasteiger partial charge in [-0.25, -0.2) is 0 Å². The molecule has 16 nitrogen and oxygen atoms in total. The summed E-state index contributed by atoms with van der Waals surface area (Å²) in [7, 11) is 0. The lowest BCUT2D eigenvalue weighted by Gasteiger charge is -2.21. The molecule has 4 atom stereocenters. The Balaban J connectivity index is 2.69. The van der Waals surface area contributed by atoms with Crippen molar-refractivity contribution in [3.05, 3.63) is 43.7 Å². The first-order valence-corrected chi connectivity index (χ1v) is 21.5. The van der Waals surface area contributed by atoms with Crippen molar-refractivity contribution in [3.8, 4) is 0 Å². The Hall–Kier alpha value is -0.520. The fourth-order valence-corrected chi connectivity index (χ4v) is 12.8. The van der Waals surface area contributed by atoms with Crippen molar-refractivity contribution < 1.29 is 49.2 Å². The lowest BCUT2D eigenvalue weighted by Crippen LogP contribution is -2.36. The van der Waals surface area contributed by atoms with E-state index < -0.39 is 59.9 Å². The maximum atomic E-state index is 13.6. The average molecular weight is 1400 g/mol. The summed E-state index contributed by atoms with van der Waals surface area (Å²) in [5, 5.41) is 54.1. The molecular formula is C30H34I6N6O10. The molecule has 0 radical (unpaired) electrons. The van der Waals surface area contributed by atoms with Crippen LogP contribution in [0.15, 0.2) is 0 Å². The Kier molecular flexibility index (Phi) is 19.9. The maximum Gasteiger partial charge on any atom is 0.314 e. The van der Waals surface area contributed by atoms with Crippen LogP contribution < -0.4 is 31.9 Å². The average Bonchev–Trinajstić information content (AvgIpc) is 3.04. The molecule has 0 spiro atoms. The number of halogens is 6. The number of aliphatic hydroxyl groups is 4. The Labute approximate surface area is 380 Å². The smallest absolute Gasteiger partial charge is 0.314 e. The number of amides is 6. The van der Waals surface area contributed by atoms with Crippen molar-refractivity contribution in [2.75, 3.05) is 36.8 Å². The van der Waals surface area contributed by atoms with Gasteiger partial charge < -0.3 is 52.3 Å². The first kappa shape index (κ1) is 47.6. The first-order valence-electron chi connectivity index (χ1n) is 15.0. The fraction of sp³-hybridized carbons (Fsp3) is 0.400. The second-order valence-electron chi connectivity index (χ2n) is 11.3. The van der Waals surface area contributed by atoms with Crippen LogP contribution in [0.25, 0.3) is 0 Å². The Bertz CT molecular complexity index is 1530. The highest BCUT2D eigenvalue weighted by atomic mass is 127. The number of anilines is 2. The predicted octanol–water partition coefficient (Wildman–Crippen LogP) is 2.33. The molecule has 0 bridgehead atoms. The third-order valence-corrected chi connectivity index (χ3v) is 12.9. The molecule has 22 heteroatoms. The number of carbonyl (C=O) groups is 6. The van der Waals surface area contributed by atoms with Gasteiger partial charge in [0.1, 0.15) is 0 Å². The largest absolute Gasteiger partial charge is 0.392 e. The Morgan fingerprint density at radius 3 is 0.788 bits per heavy atom. The zero-order chi connectivity index (χ0) is 39.8. The quantitative estimate of drug-likeness (QED) is 0.0977. The number of hydrogen-bond donors (Lipinski definition) is 10. The molecule has 52 heavy (non-hydrogen) atoms. The minimum atomic E-state index is -1.23. The fourth-order valence-electron chi connectivity index (χ4n) is 4.00. The van der Waals surface area contributed by atoms with Crippen LogP contribution in [0.1, 0.15) is 69.1 Å². The van der Waals surface area contributed by atoms with Crippen LogP contribution in [0.4, 0.5) is 11.4 Å². The van der Waals surface area contributed by atoms with Gasteiger partial charge in [0, 0.05) is 33.3 Å². The lowest BCUT2D eigenvalue weighted by molar-refractivity contribution is -0.133. The lowest BCUT2D eigenvalue weighted by atomic mass is 10.1. The third-order valence-electron chi connectivity index (χ3n) is 6.46. The highest BCUT2D eigenvalue weighted by Crippen LogP contribution is 2.37. The second kappa shape index (κ2) is 21.7. The molecule has 0 saturated carbocycles. The van der Waals surface area contributed by atoms with Crippen molar-refractivity contribution in [3.63, 3.8) is 0 Å². The molecule has 0 aromatic heterocycles. The molecule has 4 unspecified atom stereocenters. The van der Waals surface area contributed by atoms with E-state index in [9.17, 15) is 49.2 Å². The summed E-state index contributed by atoms with van der Waals surface area (Å²) in [6, 6.07) is 0. The molecule has 10 N–H and O–H groups in total. The van der Waals surface area contributed by atoms with E-state index in [4.69, 9.17) is 0 Å². The molecule has 0 aliphatic carbocycles. The molecule has 0 fully saturated rings. The second-order valence-corrected chi connectivity index (χ2v) is 17.8. The zero-order valence-electron chi connectivity index (χ0n) is 27.6. The van der Waals surface area contributed by atoms with Gasteiger partial charge in [-0.1, -0.05) is 0 Å². The van der Waals surface area contributed by atoms with Gasteiger partial charge >= 0.3 is 11.8 Å². The summed E-state index contributed by atoms with van der Waals surface area (Å²) in [5.74, 6) is -5.12. The summed E-state index contributed by atoms with van der Waals surface area (Å²) in [6.07, 6.45) is -3.55.